The Morgan fingerprint density at radius 2 is 1.85 bits per heavy atom. The van der Waals surface area contributed by atoms with Crippen LogP contribution in [0.3, 0.4) is 0 Å². The summed E-state index contributed by atoms with van der Waals surface area (Å²) in [5.74, 6) is 1.52. The van der Waals surface area contributed by atoms with E-state index in [1.165, 1.54) is 0 Å². The number of hydrogen-bond acceptors (Lipinski definition) is 7. The van der Waals surface area contributed by atoms with E-state index in [-0.39, 0.29) is 0 Å². The smallest absolute Gasteiger partial charge is 0.229 e. The minimum absolute atomic E-state index is 0.550. The Balaban J connectivity index is 1.26. The third kappa shape index (κ3) is 3.85. The molecule has 0 aliphatic carbocycles. The largest absolute Gasteiger partial charge is 0.354 e. The van der Waals surface area contributed by atoms with E-state index in [2.05, 4.69) is 66.4 Å². The van der Waals surface area contributed by atoms with Crippen LogP contribution in [0.1, 0.15) is 0 Å². The van der Waals surface area contributed by atoms with Gasteiger partial charge in [-0.3, -0.25) is 4.98 Å². The maximum Gasteiger partial charge on any atom is 0.229 e. The normalized spacial score (nSPS) is 14.8. The third-order valence-corrected chi connectivity index (χ3v) is 6.18. The molecule has 4 aromatic heterocycles. The lowest BCUT2D eigenvalue weighted by molar-refractivity contribution is 0.312. The fourth-order valence-corrected chi connectivity index (χ4v) is 4.28. The second-order valence-corrected chi connectivity index (χ2v) is 8.39. The SMILES string of the molecule is CN1CCN(c2cc(Nc3ncc4c(-c5ccc6ncccc6c5)c[nH]c4n3)ccn2)CC1. The average molecular weight is 437 g/mol. The summed E-state index contributed by atoms with van der Waals surface area (Å²) in [6, 6.07) is 14.3. The van der Waals surface area contributed by atoms with Crippen molar-refractivity contribution in [3.05, 3.63) is 67.3 Å². The van der Waals surface area contributed by atoms with Crippen LogP contribution in [-0.2, 0) is 0 Å². The van der Waals surface area contributed by atoms with Crippen molar-refractivity contribution in [2.24, 2.45) is 0 Å². The standard InChI is InChI=1S/C25H24N8/c1-32-9-11-33(12-10-32)23-14-19(6-8-27-23)30-25-29-16-21-20(15-28-24(21)31-25)17-4-5-22-18(13-17)3-2-7-26-22/h2-8,13-16H,9-12H2,1H3,(H2,27,28,29,30,31). The minimum Gasteiger partial charge on any atom is -0.354 e. The Bertz CT molecular complexity index is 1440. The van der Waals surface area contributed by atoms with Gasteiger partial charge in [-0.05, 0) is 36.9 Å². The Labute approximate surface area is 191 Å². The summed E-state index contributed by atoms with van der Waals surface area (Å²) in [5, 5.41) is 5.42. The molecule has 5 heterocycles. The van der Waals surface area contributed by atoms with E-state index in [1.54, 1.807) is 0 Å². The number of nitrogens with zero attached hydrogens (tertiary/aromatic N) is 6. The van der Waals surface area contributed by atoms with Gasteiger partial charge in [-0.25, -0.2) is 9.97 Å². The summed E-state index contributed by atoms with van der Waals surface area (Å²) in [6.07, 6.45) is 7.49. The number of H-pyrrole nitrogens is 1. The van der Waals surface area contributed by atoms with Crippen LogP contribution in [0.4, 0.5) is 17.5 Å². The molecule has 1 aliphatic heterocycles. The van der Waals surface area contributed by atoms with Crippen molar-refractivity contribution in [1.29, 1.82) is 0 Å². The van der Waals surface area contributed by atoms with Gasteiger partial charge in [0.25, 0.3) is 0 Å². The lowest BCUT2D eigenvalue weighted by Gasteiger charge is -2.33. The average Bonchev–Trinajstić information content (AvgIpc) is 3.28. The highest BCUT2D eigenvalue weighted by Crippen LogP contribution is 2.30. The molecule has 0 unspecified atom stereocenters. The molecular formula is C25H24N8. The topological polar surface area (TPSA) is 85.9 Å². The van der Waals surface area contributed by atoms with Gasteiger partial charge in [0.15, 0.2) is 0 Å². The van der Waals surface area contributed by atoms with Crippen molar-refractivity contribution >= 4 is 39.4 Å². The summed E-state index contributed by atoms with van der Waals surface area (Å²) in [7, 11) is 2.15. The molecule has 6 rings (SSSR count). The summed E-state index contributed by atoms with van der Waals surface area (Å²) in [5.41, 5.74) is 4.88. The number of likely N-dealkylation sites (N-methyl/N-ethyl adjacent to an activating group) is 1. The third-order valence-electron chi connectivity index (χ3n) is 6.18. The van der Waals surface area contributed by atoms with Crippen molar-refractivity contribution in [1.82, 2.24) is 29.8 Å². The van der Waals surface area contributed by atoms with E-state index in [0.717, 1.165) is 70.7 Å². The Morgan fingerprint density at radius 1 is 0.939 bits per heavy atom. The predicted octanol–water partition coefficient (Wildman–Crippen LogP) is 4.06. The molecule has 1 aliphatic rings. The monoisotopic (exact) mass is 436 g/mol. The first-order valence-electron chi connectivity index (χ1n) is 11.1. The molecule has 0 radical (unpaired) electrons. The molecule has 1 fully saturated rings. The molecular weight excluding hydrogens is 412 g/mol. The van der Waals surface area contributed by atoms with E-state index in [4.69, 9.17) is 4.98 Å². The highest BCUT2D eigenvalue weighted by Gasteiger charge is 2.16. The van der Waals surface area contributed by atoms with Gasteiger partial charge in [-0.15, -0.1) is 0 Å². The van der Waals surface area contributed by atoms with Crippen LogP contribution >= 0.6 is 0 Å². The second-order valence-electron chi connectivity index (χ2n) is 8.39. The summed E-state index contributed by atoms with van der Waals surface area (Å²) in [4.78, 5) is 26.2. The Hall–Kier alpha value is -4.04. The minimum atomic E-state index is 0.550. The zero-order chi connectivity index (χ0) is 22.2. The highest BCUT2D eigenvalue weighted by molar-refractivity contribution is 5.96. The van der Waals surface area contributed by atoms with Crippen LogP contribution in [0.15, 0.2) is 67.3 Å². The molecule has 1 aromatic carbocycles. The van der Waals surface area contributed by atoms with Crippen LogP contribution < -0.4 is 10.2 Å². The van der Waals surface area contributed by atoms with Gasteiger partial charge in [0, 0.05) is 79.1 Å². The fourth-order valence-electron chi connectivity index (χ4n) is 4.28. The number of anilines is 3. The predicted molar refractivity (Wildman–Crippen MR) is 132 cm³/mol. The molecule has 1 saturated heterocycles. The van der Waals surface area contributed by atoms with Crippen LogP contribution in [0.5, 0.6) is 0 Å². The summed E-state index contributed by atoms with van der Waals surface area (Å²) >= 11 is 0. The number of hydrogen-bond donors (Lipinski definition) is 2. The highest BCUT2D eigenvalue weighted by atomic mass is 15.3. The van der Waals surface area contributed by atoms with Crippen LogP contribution in [-0.4, -0.2) is 63.0 Å². The number of nitrogens with one attached hydrogen (secondary N) is 2. The van der Waals surface area contributed by atoms with Crippen molar-refractivity contribution in [3.63, 3.8) is 0 Å². The van der Waals surface area contributed by atoms with Crippen molar-refractivity contribution in [3.8, 4) is 11.1 Å². The fraction of sp³-hybridized carbons (Fsp3) is 0.200. The Morgan fingerprint density at radius 3 is 2.76 bits per heavy atom. The maximum atomic E-state index is 4.70. The van der Waals surface area contributed by atoms with Crippen molar-refractivity contribution in [2.75, 3.05) is 43.4 Å². The van der Waals surface area contributed by atoms with Gasteiger partial charge in [-0.1, -0.05) is 12.1 Å². The van der Waals surface area contributed by atoms with Crippen LogP contribution in [0.25, 0.3) is 33.1 Å². The lowest BCUT2D eigenvalue weighted by atomic mass is 10.0. The van der Waals surface area contributed by atoms with E-state index >= 15 is 0 Å². The zero-order valence-corrected chi connectivity index (χ0v) is 18.4. The van der Waals surface area contributed by atoms with E-state index < -0.39 is 0 Å². The summed E-state index contributed by atoms with van der Waals surface area (Å²) < 4.78 is 0. The molecule has 2 N–H and O–H groups in total. The van der Waals surface area contributed by atoms with Gasteiger partial charge in [0.2, 0.25) is 5.95 Å². The molecule has 0 amide bonds. The molecule has 0 saturated carbocycles. The van der Waals surface area contributed by atoms with E-state index in [0.29, 0.717) is 5.95 Å². The number of piperazine rings is 1. The second kappa shape index (κ2) is 8.14. The van der Waals surface area contributed by atoms with Gasteiger partial charge < -0.3 is 20.1 Å². The molecule has 0 atom stereocenters. The molecule has 0 bridgehead atoms. The van der Waals surface area contributed by atoms with Crippen molar-refractivity contribution < 1.29 is 0 Å². The number of benzene rings is 1. The first kappa shape index (κ1) is 19.6. The van der Waals surface area contributed by atoms with Crippen molar-refractivity contribution in [2.45, 2.75) is 0 Å². The molecule has 5 aromatic rings. The van der Waals surface area contributed by atoms with E-state index in [9.17, 15) is 0 Å². The lowest BCUT2D eigenvalue weighted by Crippen LogP contribution is -2.44. The van der Waals surface area contributed by atoms with Crippen LogP contribution in [0.2, 0.25) is 0 Å². The molecule has 164 valence electrons. The zero-order valence-electron chi connectivity index (χ0n) is 18.4. The number of rotatable bonds is 4. The number of pyridine rings is 2. The molecule has 33 heavy (non-hydrogen) atoms. The van der Waals surface area contributed by atoms with E-state index in [1.807, 2.05) is 43.0 Å². The molecule has 0 spiro atoms. The Kier molecular flexibility index (Phi) is 4.84. The molecule has 8 heteroatoms. The van der Waals surface area contributed by atoms with Gasteiger partial charge in [-0.2, -0.15) is 4.98 Å². The number of fused-ring (bicyclic) bond motifs is 2. The first-order chi connectivity index (χ1) is 16.2. The number of aromatic amines is 1. The molecule has 8 nitrogen and oxygen atoms in total. The number of aromatic nitrogens is 5. The summed E-state index contributed by atoms with van der Waals surface area (Å²) in [6.45, 7) is 4.04. The quantitative estimate of drug-likeness (QED) is 0.439. The van der Waals surface area contributed by atoms with Gasteiger partial charge >= 0.3 is 0 Å². The van der Waals surface area contributed by atoms with Gasteiger partial charge in [0.1, 0.15) is 11.5 Å². The van der Waals surface area contributed by atoms with Crippen LogP contribution in [0, 0.1) is 0 Å². The first-order valence-corrected chi connectivity index (χ1v) is 11.1. The maximum absolute atomic E-state index is 4.70. The van der Waals surface area contributed by atoms with Gasteiger partial charge in [0.05, 0.1) is 5.52 Å².